The molecule has 5 rings (SSSR count). The molecule has 132 valence electrons. The van der Waals surface area contributed by atoms with E-state index in [-0.39, 0.29) is 0 Å². The van der Waals surface area contributed by atoms with Crippen molar-refractivity contribution in [3.63, 3.8) is 0 Å². The van der Waals surface area contributed by atoms with Crippen molar-refractivity contribution in [1.82, 2.24) is 19.9 Å². The number of aromatic amines is 2. The molecule has 0 unspecified atom stereocenters. The average molecular weight is 355 g/mol. The van der Waals surface area contributed by atoms with Crippen molar-refractivity contribution in [3.8, 4) is 11.5 Å². The first-order valence-corrected chi connectivity index (χ1v) is 8.68. The third kappa shape index (κ3) is 2.77. The molecular formula is C21H17N5O. The summed E-state index contributed by atoms with van der Waals surface area (Å²) < 4.78 is 6.16. The molecule has 0 fully saturated rings. The van der Waals surface area contributed by atoms with Crippen LogP contribution >= 0.6 is 0 Å². The second-order valence-electron chi connectivity index (χ2n) is 6.36. The maximum atomic E-state index is 6.16. The van der Waals surface area contributed by atoms with Gasteiger partial charge in [-0.25, -0.2) is 9.97 Å². The van der Waals surface area contributed by atoms with Crippen LogP contribution in [0.15, 0.2) is 67.3 Å². The van der Waals surface area contributed by atoms with E-state index in [0.717, 1.165) is 50.5 Å². The van der Waals surface area contributed by atoms with E-state index >= 15 is 0 Å². The van der Waals surface area contributed by atoms with Crippen LogP contribution < -0.4 is 10.1 Å². The molecule has 27 heavy (non-hydrogen) atoms. The minimum Gasteiger partial charge on any atom is -0.456 e. The SMILES string of the molecule is Cc1cc(Nc2ncnc3cc[nH]c23)ccc1Oc1cccc2[nH]ccc12. The maximum absolute atomic E-state index is 6.16. The molecule has 0 spiro atoms. The van der Waals surface area contributed by atoms with Gasteiger partial charge in [0.05, 0.1) is 5.52 Å². The summed E-state index contributed by atoms with van der Waals surface area (Å²) in [5, 5.41) is 4.41. The van der Waals surface area contributed by atoms with E-state index in [2.05, 4.69) is 25.3 Å². The Kier molecular flexibility index (Phi) is 3.53. The maximum Gasteiger partial charge on any atom is 0.158 e. The van der Waals surface area contributed by atoms with Crippen molar-refractivity contribution < 1.29 is 4.74 Å². The molecular weight excluding hydrogens is 338 g/mol. The van der Waals surface area contributed by atoms with Crippen LogP contribution in [0.5, 0.6) is 11.5 Å². The molecule has 0 aliphatic carbocycles. The average Bonchev–Trinajstić information content (AvgIpc) is 3.34. The van der Waals surface area contributed by atoms with Gasteiger partial charge in [-0.2, -0.15) is 0 Å². The predicted molar refractivity (Wildman–Crippen MR) is 107 cm³/mol. The van der Waals surface area contributed by atoms with Crippen LogP contribution in [0.3, 0.4) is 0 Å². The molecule has 0 aliphatic heterocycles. The van der Waals surface area contributed by atoms with E-state index in [9.17, 15) is 0 Å². The van der Waals surface area contributed by atoms with Gasteiger partial charge in [0.15, 0.2) is 5.82 Å². The number of rotatable bonds is 4. The molecule has 6 nitrogen and oxygen atoms in total. The van der Waals surface area contributed by atoms with Gasteiger partial charge < -0.3 is 20.0 Å². The zero-order valence-corrected chi connectivity index (χ0v) is 14.7. The number of nitrogens with zero attached hydrogens (tertiary/aromatic N) is 2. The standard InChI is InChI=1S/C21H17N5O/c1-13-11-14(26-21-20-17(8-10-23-20)24-12-25-21)5-6-18(13)27-19-4-2-3-16-15(19)7-9-22-16/h2-12,22-23H,1H3,(H,24,25,26). The van der Waals surface area contributed by atoms with Crippen LogP contribution in [0.25, 0.3) is 21.9 Å². The van der Waals surface area contributed by atoms with Crippen LogP contribution in [0.1, 0.15) is 5.56 Å². The smallest absolute Gasteiger partial charge is 0.158 e. The van der Waals surface area contributed by atoms with Crippen LogP contribution in [0.4, 0.5) is 11.5 Å². The second kappa shape index (κ2) is 6.17. The Morgan fingerprint density at radius 2 is 1.85 bits per heavy atom. The predicted octanol–water partition coefficient (Wildman–Crippen LogP) is 5.28. The van der Waals surface area contributed by atoms with Gasteiger partial charge in [0.25, 0.3) is 0 Å². The van der Waals surface area contributed by atoms with Gasteiger partial charge in [-0.3, -0.25) is 0 Å². The van der Waals surface area contributed by atoms with E-state index in [4.69, 9.17) is 4.74 Å². The van der Waals surface area contributed by atoms with Gasteiger partial charge in [-0.1, -0.05) is 6.07 Å². The summed E-state index contributed by atoms with van der Waals surface area (Å²) in [6, 6.07) is 15.9. The third-order valence-electron chi connectivity index (χ3n) is 4.56. The minimum atomic E-state index is 0.746. The highest BCUT2D eigenvalue weighted by Crippen LogP contribution is 2.33. The monoisotopic (exact) mass is 355 g/mol. The lowest BCUT2D eigenvalue weighted by Crippen LogP contribution is -1.97. The Morgan fingerprint density at radius 3 is 2.78 bits per heavy atom. The lowest BCUT2D eigenvalue weighted by molar-refractivity contribution is 0.484. The van der Waals surface area contributed by atoms with Crippen LogP contribution in [-0.4, -0.2) is 19.9 Å². The number of ether oxygens (including phenoxy) is 1. The number of benzene rings is 2. The Labute approximate surface area is 155 Å². The largest absolute Gasteiger partial charge is 0.456 e. The van der Waals surface area contributed by atoms with Gasteiger partial charge in [0, 0.05) is 29.0 Å². The topological polar surface area (TPSA) is 78.6 Å². The summed E-state index contributed by atoms with van der Waals surface area (Å²) in [6.07, 6.45) is 5.33. The number of nitrogens with one attached hydrogen (secondary N) is 3. The summed E-state index contributed by atoms with van der Waals surface area (Å²) in [5.74, 6) is 2.40. The Bertz CT molecular complexity index is 1250. The lowest BCUT2D eigenvalue weighted by Gasteiger charge is -2.12. The normalized spacial score (nSPS) is 11.1. The fraction of sp³-hybridized carbons (Fsp3) is 0.0476. The molecule has 0 radical (unpaired) electrons. The Balaban J connectivity index is 1.44. The second-order valence-corrected chi connectivity index (χ2v) is 6.36. The molecule has 0 amide bonds. The van der Waals surface area contributed by atoms with Crippen molar-refractivity contribution in [2.45, 2.75) is 6.92 Å². The Morgan fingerprint density at radius 1 is 0.926 bits per heavy atom. The number of anilines is 2. The molecule has 0 saturated heterocycles. The quantitative estimate of drug-likeness (QED) is 0.410. The summed E-state index contributed by atoms with van der Waals surface area (Å²) in [4.78, 5) is 14.9. The highest BCUT2D eigenvalue weighted by Gasteiger charge is 2.09. The summed E-state index contributed by atoms with van der Waals surface area (Å²) in [7, 11) is 0. The zero-order valence-electron chi connectivity index (χ0n) is 14.7. The van der Waals surface area contributed by atoms with Crippen molar-refractivity contribution in [2.24, 2.45) is 0 Å². The summed E-state index contributed by atoms with van der Waals surface area (Å²) in [5.41, 5.74) is 4.79. The first kappa shape index (κ1) is 15.5. The summed E-state index contributed by atoms with van der Waals surface area (Å²) in [6.45, 7) is 2.03. The van der Waals surface area contributed by atoms with Gasteiger partial charge in [0.1, 0.15) is 23.3 Å². The molecule has 3 aromatic heterocycles. The number of fused-ring (bicyclic) bond motifs is 2. The molecule has 3 heterocycles. The lowest BCUT2D eigenvalue weighted by atomic mass is 10.2. The molecule has 0 bridgehead atoms. The summed E-state index contributed by atoms with van der Waals surface area (Å²) >= 11 is 0. The van der Waals surface area contributed by atoms with Crippen LogP contribution in [0.2, 0.25) is 0 Å². The van der Waals surface area contributed by atoms with Gasteiger partial charge in [-0.15, -0.1) is 0 Å². The molecule has 2 aromatic carbocycles. The van der Waals surface area contributed by atoms with E-state index in [0.29, 0.717) is 0 Å². The molecule has 0 aliphatic rings. The van der Waals surface area contributed by atoms with Crippen molar-refractivity contribution in [1.29, 1.82) is 0 Å². The number of aromatic nitrogens is 4. The molecule has 0 saturated carbocycles. The van der Waals surface area contributed by atoms with Crippen molar-refractivity contribution in [2.75, 3.05) is 5.32 Å². The third-order valence-corrected chi connectivity index (χ3v) is 4.56. The highest BCUT2D eigenvalue weighted by atomic mass is 16.5. The first-order chi connectivity index (χ1) is 13.3. The molecule has 6 heteroatoms. The van der Waals surface area contributed by atoms with Crippen molar-refractivity contribution in [3.05, 3.63) is 72.8 Å². The van der Waals surface area contributed by atoms with Gasteiger partial charge >= 0.3 is 0 Å². The number of H-pyrrole nitrogens is 2. The van der Waals surface area contributed by atoms with E-state index in [1.165, 1.54) is 0 Å². The minimum absolute atomic E-state index is 0.746. The van der Waals surface area contributed by atoms with Crippen LogP contribution in [0, 0.1) is 6.92 Å². The van der Waals surface area contributed by atoms with Gasteiger partial charge in [0.2, 0.25) is 0 Å². The zero-order chi connectivity index (χ0) is 18.2. The fourth-order valence-corrected chi connectivity index (χ4v) is 3.21. The van der Waals surface area contributed by atoms with Crippen molar-refractivity contribution >= 4 is 33.4 Å². The Hall–Kier alpha value is -3.80. The number of hydrogen-bond acceptors (Lipinski definition) is 4. The fourth-order valence-electron chi connectivity index (χ4n) is 3.21. The molecule has 0 atom stereocenters. The van der Waals surface area contributed by atoms with Crippen LogP contribution in [-0.2, 0) is 0 Å². The van der Waals surface area contributed by atoms with Gasteiger partial charge in [-0.05, 0) is 55.0 Å². The molecule has 3 N–H and O–H groups in total. The van der Waals surface area contributed by atoms with E-state index < -0.39 is 0 Å². The number of aryl methyl sites for hydroxylation is 1. The highest BCUT2D eigenvalue weighted by molar-refractivity contribution is 5.88. The van der Waals surface area contributed by atoms with E-state index in [1.807, 2.05) is 67.8 Å². The molecule has 5 aromatic rings. The first-order valence-electron chi connectivity index (χ1n) is 8.68. The number of hydrogen-bond donors (Lipinski definition) is 3. The van der Waals surface area contributed by atoms with E-state index in [1.54, 1.807) is 6.33 Å².